The van der Waals surface area contributed by atoms with Crippen molar-refractivity contribution in [3.63, 3.8) is 0 Å². The van der Waals surface area contributed by atoms with Gasteiger partial charge < -0.3 is 14.8 Å². The molecule has 2 N–H and O–H groups in total. The van der Waals surface area contributed by atoms with Gasteiger partial charge in [0.1, 0.15) is 17.5 Å². The molecule has 2 aliphatic heterocycles. The van der Waals surface area contributed by atoms with E-state index in [-0.39, 0.29) is 17.4 Å². The number of hydrogen-bond acceptors (Lipinski definition) is 6. The van der Waals surface area contributed by atoms with Gasteiger partial charge in [-0.2, -0.15) is 4.72 Å². The molecular weight excluding hydrogens is 480 g/mol. The summed E-state index contributed by atoms with van der Waals surface area (Å²) in [4.78, 5) is 25.5. The Hall–Kier alpha value is -3.17. The lowest BCUT2D eigenvalue weighted by Gasteiger charge is -2.19. The molecule has 0 radical (unpaired) electrons. The van der Waals surface area contributed by atoms with Crippen LogP contribution in [0, 0.1) is 0 Å². The number of esters is 1. The molecule has 2 bridgehead atoms. The second kappa shape index (κ2) is 13.8. The van der Waals surface area contributed by atoms with E-state index in [0.717, 1.165) is 25.7 Å². The lowest BCUT2D eigenvalue weighted by Crippen LogP contribution is -2.37. The van der Waals surface area contributed by atoms with Gasteiger partial charge in [0.25, 0.3) is 0 Å². The molecule has 0 fully saturated rings. The van der Waals surface area contributed by atoms with Crippen molar-refractivity contribution in [2.24, 2.45) is 0 Å². The summed E-state index contributed by atoms with van der Waals surface area (Å²) in [5.41, 5.74) is 0.959. The molecule has 2 heterocycles. The van der Waals surface area contributed by atoms with Crippen LogP contribution in [0.1, 0.15) is 62.6 Å². The molecule has 8 nitrogen and oxygen atoms in total. The van der Waals surface area contributed by atoms with E-state index in [0.29, 0.717) is 42.9 Å². The van der Waals surface area contributed by atoms with Crippen molar-refractivity contribution in [3.05, 3.63) is 65.7 Å². The summed E-state index contributed by atoms with van der Waals surface area (Å²) < 4.78 is 39.3. The molecule has 0 saturated heterocycles. The van der Waals surface area contributed by atoms with E-state index in [1.165, 1.54) is 6.08 Å². The maximum atomic E-state index is 13.3. The van der Waals surface area contributed by atoms with Gasteiger partial charge in [-0.05, 0) is 49.1 Å². The zero-order chi connectivity index (χ0) is 25.8. The number of amides is 1. The lowest BCUT2D eigenvalue weighted by molar-refractivity contribution is -0.136. The van der Waals surface area contributed by atoms with Gasteiger partial charge in [-0.15, -0.1) is 0 Å². The molecule has 194 valence electrons. The number of hydrogen-bond donors (Lipinski definition) is 2. The van der Waals surface area contributed by atoms with Gasteiger partial charge in [0.2, 0.25) is 15.9 Å². The van der Waals surface area contributed by atoms with Crippen LogP contribution >= 0.6 is 0 Å². The van der Waals surface area contributed by atoms with E-state index in [4.69, 9.17) is 9.47 Å². The Morgan fingerprint density at radius 2 is 1.72 bits per heavy atom. The van der Waals surface area contributed by atoms with E-state index in [2.05, 4.69) is 10.0 Å². The van der Waals surface area contributed by atoms with E-state index in [1.54, 1.807) is 54.6 Å². The summed E-state index contributed by atoms with van der Waals surface area (Å²) in [6.07, 6.45) is 7.84. The molecule has 0 unspecified atom stereocenters. The number of fused-ring (bicyclic) bond motifs is 13. The van der Waals surface area contributed by atoms with Crippen molar-refractivity contribution >= 4 is 28.0 Å². The van der Waals surface area contributed by atoms with Crippen LogP contribution in [0.3, 0.4) is 0 Å². The fraction of sp³-hybridized carbons (Fsp3) is 0.407. The average molecular weight is 515 g/mol. The van der Waals surface area contributed by atoms with Crippen LogP contribution in [-0.4, -0.2) is 39.2 Å². The van der Waals surface area contributed by atoms with Crippen molar-refractivity contribution < 1.29 is 27.5 Å². The van der Waals surface area contributed by atoms with Crippen molar-refractivity contribution in [1.82, 2.24) is 10.0 Å². The van der Waals surface area contributed by atoms with E-state index < -0.39 is 22.0 Å². The minimum Gasteiger partial charge on any atom is -0.494 e. The maximum Gasteiger partial charge on any atom is 0.334 e. The van der Waals surface area contributed by atoms with Gasteiger partial charge in [0, 0.05) is 18.2 Å². The third-order valence-corrected chi connectivity index (χ3v) is 7.12. The zero-order valence-electron chi connectivity index (χ0n) is 20.6. The second-order valence-corrected chi connectivity index (χ2v) is 10.5. The fourth-order valence-electron chi connectivity index (χ4n) is 3.67. The largest absolute Gasteiger partial charge is 0.494 e. The highest BCUT2D eigenvalue weighted by Gasteiger charge is 2.28. The van der Waals surface area contributed by atoms with Crippen LogP contribution in [0.2, 0.25) is 0 Å². The zero-order valence-corrected chi connectivity index (χ0v) is 21.4. The number of unbranched alkanes of at least 4 members (excludes halogenated alkanes) is 1. The number of nitrogens with one attached hydrogen (secondary N) is 2. The maximum absolute atomic E-state index is 13.3. The van der Waals surface area contributed by atoms with Crippen molar-refractivity contribution in [2.75, 3.05) is 18.9 Å². The molecule has 0 aliphatic carbocycles. The minimum absolute atomic E-state index is 0.0943. The van der Waals surface area contributed by atoms with E-state index in [9.17, 15) is 18.0 Å². The van der Waals surface area contributed by atoms with Gasteiger partial charge >= 0.3 is 5.97 Å². The second-order valence-electron chi connectivity index (χ2n) is 8.64. The van der Waals surface area contributed by atoms with E-state index >= 15 is 0 Å². The number of rotatable bonds is 5. The molecule has 0 spiro atoms. The summed E-state index contributed by atoms with van der Waals surface area (Å²) in [6.45, 7) is 3.01. The third kappa shape index (κ3) is 8.80. The molecule has 1 amide bonds. The van der Waals surface area contributed by atoms with Gasteiger partial charge in [0.05, 0.1) is 12.4 Å². The molecule has 2 aromatic rings. The highest BCUT2D eigenvalue weighted by molar-refractivity contribution is 7.89. The molecule has 2 aliphatic rings. The smallest absolute Gasteiger partial charge is 0.334 e. The molecule has 2 aromatic carbocycles. The Kier molecular flexibility index (Phi) is 10.5. The first kappa shape index (κ1) is 27.4. The predicted octanol–water partition coefficient (Wildman–Crippen LogP) is 4.14. The van der Waals surface area contributed by atoms with E-state index in [1.807, 2.05) is 6.92 Å². The number of para-hydroxylation sites is 1. The molecule has 1 atom stereocenters. The first-order valence-electron chi connectivity index (χ1n) is 12.4. The SMILES string of the molecule is CCCCS(=O)(=O)N[C@@H]1C(=O)Oc2ccccc2/C=C/C(=O)NCCCCCCOc2ccc1cc2. The highest BCUT2D eigenvalue weighted by atomic mass is 32.2. The van der Waals surface area contributed by atoms with Crippen LogP contribution in [-0.2, 0) is 19.6 Å². The first-order valence-corrected chi connectivity index (χ1v) is 14.0. The molecular formula is C27H34N2O6S. The van der Waals surface area contributed by atoms with Crippen molar-refractivity contribution in [2.45, 2.75) is 51.5 Å². The molecule has 0 saturated carbocycles. The average Bonchev–Trinajstić information content (AvgIpc) is 2.87. The van der Waals surface area contributed by atoms with Crippen LogP contribution in [0.5, 0.6) is 11.5 Å². The van der Waals surface area contributed by atoms with Crippen molar-refractivity contribution in [3.8, 4) is 11.5 Å². The topological polar surface area (TPSA) is 111 Å². The van der Waals surface area contributed by atoms with Gasteiger partial charge in [-0.25, -0.2) is 13.2 Å². The molecule has 36 heavy (non-hydrogen) atoms. The summed E-state index contributed by atoms with van der Waals surface area (Å²) in [6, 6.07) is 12.3. The molecule has 4 rings (SSSR count). The quantitative estimate of drug-likeness (QED) is 0.458. The third-order valence-electron chi connectivity index (χ3n) is 5.70. The van der Waals surface area contributed by atoms with Gasteiger partial charge in [-0.3, -0.25) is 4.79 Å². The first-order chi connectivity index (χ1) is 17.4. The Morgan fingerprint density at radius 1 is 0.972 bits per heavy atom. The van der Waals surface area contributed by atoms with Crippen LogP contribution in [0.25, 0.3) is 6.08 Å². The van der Waals surface area contributed by atoms with Gasteiger partial charge in [-0.1, -0.05) is 56.5 Å². The monoisotopic (exact) mass is 514 g/mol. The summed E-state index contributed by atoms with van der Waals surface area (Å²) in [5.74, 6) is -0.253. The summed E-state index contributed by atoms with van der Waals surface area (Å²) in [5, 5.41) is 2.85. The minimum atomic E-state index is -3.74. The summed E-state index contributed by atoms with van der Waals surface area (Å²) >= 11 is 0. The number of carbonyl (C=O) groups is 2. The molecule has 0 aromatic heterocycles. The van der Waals surface area contributed by atoms with Gasteiger partial charge in [0.15, 0.2) is 0 Å². The lowest BCUT2D eigenvalue weighted by atomic mass is 10.1. The molecule has 9 heteroatoms. The Balaban J connectivity index is 1.92. The number of ether oxygens (including phenoxy) is 2. The standard InChI is InChI=1S/C27H34N2O6S/c1-2-3-20-36(32,33)29-26-22-12-15-23(16-13-22)34-19-9-5-4-8-18-28-25(30)17-14-21-10-6-7-11-24(21)35-27(26)31/h6-7,10-17,26,29H,2-5,8-9,18-20H2,1H3,(H,28,30)/b17-14+/t26-/m0/s1. The predicted molar refractivity (Wildman–Crippen MR) is 139 cm³/mol. The highest BCUT2D eigenvalue weighted by Crippen LogP contribution is 2.25. The van der Waals surface area contributed by atoms with Crippen molar-refractivity contribution in [1.29, 1.82) is 0 Å². The number of sulfonamides is 1. The Labute approximate surface area is 213 Å². The van der Waals surface area contributed by atoms with Crippen LogP contribution in [0.15, 0.2) is 54.6 Å². The van der Waals surface area contributed by atoms with Crippen LogP contribution in [0.4, 0.5) is 0 Å². The normalized spacial score (nSPS) is 18.9. The number of carbonyl (C=O) groups excluding carboxylic acids is 2. The Morgan fingerprint density at radius 3 is 2.50 bits per heavy atom. The summed E-state index contributed by atoms with van der Waals surface area (Å²) in [7, 11) is -3.74. The Bertz CT molecular complexity index is 1150. The van der Waals surface area contributed by atoms with Crippen LogP contribution < -0.4 is 19.5 Å². The number of benzene rings is 2. The fourth-order valence-corrected chi connectivity index (χ4v) is 5.04.